The van der Waals surface area contributed by atoms with E-state index in [0.29, 0.717) is 19.6 Å². The summed E-state index contributed by atoms with van der Waals surface area (Å²) in [5.74, 6) is -1.72. The maximum atomic E-state index is 13.6. The Bertz CT molecular complexity index is 1280. The highest BCUT2D eigenvalue weighted by molar-refractivity contribution is 5.95. The van der Waals surface area contributed by atoms with E-state index in [1.165, 1.54) is 0 Å². The zero-order chi connectivity index (χ0) is 32.8. The monoisotopic (exact) mass is 620 g/mol. The zero-order valence-electron chi connectivity index (χ0n) is 27.0. The van der Waals surface area contributed by atoms with Crippen molar-refractivity contribution in [1.82, 2.24) is 21.3 Å². The van der Waals surface area contributed by atoms with Gasteiger partial charge in [0.2, 0.25) is 23.6 Å². The molecule has 1 heterocycles. The molecule has 0 spiro atoms. The number of allylic oxidation sites excluding steroid dienone is 1. The van der Waals surface area contributed by atoms with Gasteiger partial charge >= 0.3 is 0 Å². The number of methoxy groups -OCH3 is 1. The number of benzene rings is 2. The number of hydrogen-bond donors (Lipinski definition) is 4. The summed E-state index contributed by atoms with van der Waals surface area (Å²) in [5, 5.41) is 11.4. The Morgan fingerprint density at radius 2 is 1.49 bits per heavy atom. The molecule has 5 atom stereocenters. The van der Waals surface area contributed by atoms with Gasteiger partial charge in [-0.15, -0.1) is 0 Å². The Hall–Kier alpha value is -4.18. The standard InChI is InChI=1S/C35H48N4O6/c1-23(2)31-35(43)36-25(4)33(41)38-30(21-26-13-9-8-10-14-26)34(42)37-29(24(3)32(40)39-31)15-11-6-7-12-20-45-22-27-16-18-28(44-5)19-17-27/h6,8-11,13-14,16-19,23-25,29-31H,7,12,15,20-22H2,1-5H3,(H,36,43)(H,37,42)(H,38,41)(H,39,40)/b11-6-/t24-,25+,29+,30+,31+/m0/s1. The minimum atomic E-state index is -0.904. The van der Waals surface area contributed by atoms with Gasteiger partial charge in [-0.25, -0.2) is 0 Å². The maximum absolute atomic E-state index is 13.6. The van der Waals surface area contributed by atoms with Crippen LogP contribution in [-0.4, -0.2) is 61.5 Å². The molecule has 1 saturated heterocycles. The van der Waals surface area contributed by atoms with E-state index in [1.54, 1.807) is 21.0 Å². The lowest BCUT2D eigenvalue weighted by atomic mass is 9.94. The van der Waals surface area contributed by atoms with Crippen LogP contribution in [0.4, 0.5) is 0 Å². The molecule has 1 aliphatic rings. The molecule has 1 aliphatic heterocycles. The number of rotatable bonds is 12. The van der Waals surface area contributed by atoms with Crippen molar-refractivity contribution in [2.75, 3.05) is 13.7 Å². The zero-order valence-corrected chi connectivity index (χ0v) is 27.0. The van der Waals surface area contributed by atoms with Gasteiger partial charge in [0.25, 0.3) is 0 Å². The molecule has 244 valence electrons. The second kappa shape index (κ2) is 17.9. The third kappa shape index (κ3) is 11.4. The summed E-state index contributed by atoms with van der Waals surface area (Å²) in [6.07, 6.45) is 6.21. The number of unbranched alkanes of at least 4 members (excludes halogenated alkanes) is 1. The number of hydrogen-bond acceptors (Lipinski definition) is 6. The van der Waals surface area contributed by atoms with Crippen LogP contribution >= 0.6 is 0 Å². The third-order valence-electron chi connectivity index (χ3n) is 7.90. The molecule has 0 saturated carbocycles. The molecule has 0 aromatic heterocycles. The Morgan fingerprint density at radius 3 is 2.16 bits per heavy atom. The van der Waals surface area contributed by atoms with Gasteiger partial charge in [0.1, 0.15) is 23.9 Å². The highest BCUT2D eigenvalue weighted by Gasteiger charge is 2.34. The summed E-state index contributed by atoms with van der Waals surface area (Å²) in [6.45, 7) is 8.07. The largest absolute Gasteiger partial charge is 0.497 e. The molecule has 3 rings (SSSR count). The molecular formula is C35H48N4O6. The van der Waals surface area contributed by atoms with Gasteiger partial charge in [-0.2, -0.15) is 0 Å². The molecule has 1 fully saturated rings. The summed E-state index contributed by atoms with van der Waals surface area (Å²) in [4.78, 5) is 53.2. The molecule has 2 aromatic carbocycles. The van der Waals surface area contributed by atoms with Gasteiger partial charge in [-0.1, -0.05) is 75.4 Å². The van der Waals surface area contributed by atoms with E-state index < -0.39 is 47.8 Å². The van der Waals surface area contributed by atoms with E-state index in [2.05, 4.69) is 21.3 Å². The second-order valence-electron chi connectivity index (χ2n) is 11.9. The summed E-state index contributed by atoms with van der Waals surface area (Å²) >= 11 is 0. The van der Waals surface area contributed by atoms with E-state index in [1.807, 2.05) is 80.6 Å². The van der Waals surface area contributed by atoms with E-state index in [4.69, 9.17) is 9.47 Å². The lowest BCUT2D eigenvalue weighted by Gasteiger charge is -2.28. The quantitative estimate of drug-likeness (QED) is 0.212. The highest BCUT2D eigenvalue weighted by atomic mass is 16.5. The number of carbonyl (C=O) groups excluding carboxylic acids is 4. The number of nitrogens with one attached hydrogen (secondary N) is 4. The van der Waals surface area contributed by atoms with Crippen LogP contribution in [0.2, 0.25) is 0 Å². The topological polar surface area (TPSA) is 135 Å². The number of ether oxygens (including phenoxy) is 2. The van der Waals surface area contributed by atoms with Crippen molar-refractivity contribution in [3.8, 4) is 5.75 Å². The Kier molecular flexibility index (Phi) is 14.1. The van der Waals surface area contributed by atoms with E-state index in [-0.39, 0.29) is 18.2 Å². The van der Waals surface area contributed by atoms with Gasteiger partial charge in [-0.3, -0.25) is 19.2 Å². The predicted molar refractivity (Wildman–Crippen MR) is 173 cm³/mol. The number of amides is 4. The van der Waals surface area contributed by atoms with Crippen molar-refractivity contribution in [1.29, 1.82) is 0 Å². The lowest BCUT2D eigenvalue weighted by molar-refractivity contribution is -0.134. The van der Waals surface area contributed by atoms with Gasteiger partial charge in [0.05, 0.1) is 19.6 Å². The Morgan fingerprint density at radius 1 is 0.778 bits per heavy atom. The molecular weight excluding hydrogens is 572 g/mol. The van der Waals surface area contributed by atoms with Gasteiger partial charge in [0.15, 0.2) is 0 Å². The van der Waals surface area contributed by atoms with Crippen LogP contribution in [0.15, 0.2) is 66.7 Å². The SMILES string of the molecule is COc1ccc(COCCC/C=C\C[C@H]2NC(=O)[C@@H](Cc3ccccc3)NC(=O)[C@@H](C)NC(=O)[C@@H](C(C)C)NC(=O)[C@H]2C)cc1. The Balaban J connectivity index is 1.68. The first-order valence-corrected chi connectivity index (χ1v) is 15.7. The second-order valence-corrected chi connectivity index (χ2v) is 11.9. The van der Waals surface area contributed by atoms with Crippen LogP contribution in [0.5, 0.6) is 5.75 Å². The minimum Gasteiger partial charge on any atom is -0.497 e. The molecule has 0 bridgehead atoms. The van der Waals surface area contributed by atoms with Crippen molar-refractivity contribution in [2.24, 2.45) is 11.8 Å². The first-order valence-electron chi connectivity index (χ1n) is 15.7. The Labute approximate surface area is 266 Å². The molecule has 4 N–H and O–H groups in total. The van der Waals surface area contributed by atoms with Crippen molar-refractivity contribution in [3.63, 3.8) is 0 Å². The van der Waals surface area contributed by atoms with Crippen LogP contribution in [0.1, 0.15) is 58.1 Å². The van der Waals surface area contributed by atoms with Crippen LogP contribution in [0.25, 0.3) is 0 Å². The first kappa shape index (κ1) is 35.3. The summed E-state index contributed by atoms with van der Waals surface area (Å²) in [5.41, 5.74) is 1.94. The van der Waals surface area contributed by atoms with Crippen molar-refractivity contribution < 1.29 is 28.7 Å². The number of carbonyl (C=O) groups is 4. The van der Waals surface area contributed by atoms with E-state index >= 15 is 0 Å². The average Bonchev–Trinajstić information content (AvgIpc) is 3.03. The molecule has 0 radical (unpaired) electrons. The van der Waals surface area contributed by atoms with Crippen molar-refractivity contribution in [3.05, 3.63) is 77.9 Å². The average molecular weight is 621 g/mol. The summed E-state index contributed by atoms with van der Waals surface area (Å²) in [7, 11) is 1.64. The third-order valence-corrected chi connectivity index (χ3v) is 7.90. The molecule has 4 amide bonds. The first-order chi connectivity index (χ1) is 21.6. The van der Waals surface area contributed by atoms with Crippen LogP contribution in [0.3, 0.4) is 0 Å². The van der Waals surface area contributed by atoms with Crippen LogP contribution in [0, 0.1) is 11.8 Å². The summed E-state index contributed by atoms with van der Waals surface area (Å²) in [6, 6.07) is 13.9. The fraction of sp³-hybridized carbons (Fsp3) is 0.486. The molecule has 0 unspecified atom stereocenters. The smallest absolute Gasteiger partial charge is 0.243 e. The summed E-state index contributed by atoms with van der Waals surface area (Å²) < 4.78 is 11.0. The van der Waals surface area contributed by atoms with E-state index in [0.717, 1.165) is 29.7 Å². The fourth-order valence-electron chi connectivity index (χ4n) is 4.97. The molecule has 2 aromatic rings. The maximum Gasteiger partial charge on any atom is 0.243 e. The van der Waals surface area contributed by atoms with Gasteiger partial charge in [0, 0.05) is 19.1 Å². The van der Waals surface area contributed by atoms with E-state index in [9.17, 15) is 19.2 Å². The molecule has 10 nitrogen and oxygen atoms in total. The highest BCUT2D eigenvalue weighted by Crippen LogP contribution is 2.15. The fourth-order valence-corrected chi connectivity index (χ4v) is 4.97. The van der Waals surface area contributed by atoms with Gasteiger partial charge < -0.3 is 30.7 Å². The minimum absolute atomic E-state index is 0.216. The molecule has 0 aliphatic carbocycles. The predicted octanol–water partition coefficient (Wildman–Crippen LogP) is 3.45. The van der Waals surface area contributed by atoms with Crippen molar-refractivity contribution >= 4 is 23.6 Å². The molecule has 10 heteroatoms. The van der Waals surface area contributed by atoms with Crippen LogP contribution in [-0.2, 0) is 36.9 Å². The lowest BCUT2D eigenvalue weighted by Crippen LogP contribution is -2.56. The molecule has 45 heavy (non-hydrogen) atoms. The van der Waals surface area contributed by atoms with Crippen LogP contribution < -0.4 is 26.0 Å². The normalized spacial score (nSPS) is 23.3. The van der Waals surface area contributed by atoms with Gasteiger partial charge in [-0.05, 0) is 55.4 Å². The van der Waals surface area contributed by atoms with Crippen molar-refractivity contribution in [2.45, 2.75) is 84.2 Å².